The fourth-order valence-electron chi connectivity index (χ4n) is 1.58. The maximum absolute atomic E-state index is 4.58. The Labute approximate surface area is 134 Å². The molecule has 2 heterocycles. The predicted molar refractivity (Wildman–Crippen MR) is 89.2 cm³/mol. The summed E-state index contributed by atoms with van der Waals surface area (Å²) in [5.41, 5.74) is 1.73. The number of aromatic nitrogens is 3. The second kappa shape index (κ2) is 6.60. The van der Waals surface area contributed by atoms with Crippen molar-refractivity contribution in [3.63, 3.8) is 0 Å². The lowest BCUT2D eigenvalue weighted by Gasteiger charge is -2.11. The third kappa shape index (κ3) is 3.42. The summed E-state index contributed by atoms with van der Waals surface area (Å²) in [5, 5.41) is 3.33. The molecule has 2 aromatic rings. The molecule has 0 radical (unpaired) electrons. The third-order valence-electron chi connectivity index (χ3n) is 2.53. The maximum atomic E-state index is 4.58. The molecule has 0 saturated heterocycles. The van der Waals surface area contributed by atoms with E-state index in [0.717, 1.165) is 38.2 Å². The van der Waals surface area contributed by atoms with Gasteiger partial charge >= 0.3 is 0 Å². The Balaban J connectivity index is 2.47. The Hall–Kier alpha value is -0.760. The minimum absolute atomic E-state index is 0.643. The van der Waals surface area contributed by atoms with Crippen LogP contribution in [0.15, 0.2) is 22.8 Å². The van der Waals surface area contributed by atoms with E-state index in [1.807, 2.05) is 19.1 Å². The summed E-state index contributed by atoms with van der Waals surface area (Å²) >= 11 is 5.76. The van der Waals surface area contributed by atoms with E-state index in [-0.39, 0.29) is 0 Å². The van der Waals surface area contributed by atoms with Crippen LogP contribution >= 0.6 is 38.5 Å². The number of rotatable bonds is 4. The molecular formula is C13H14BrIN4. The van der Waals surface area contributed by atoms with Gasteiger partial charge in [0.25, 0.3) is 0 Å². The molecule has 100 valence electrons. The molecule has 0 saturated carbocycles. The van der Waals surface area contributed by atoms with Gasteiger partial charge in [-0.1, -0.05) is 6.92 Å². The van der Waals surface area contributed by atoms with Gasteiger partial charge in [0.2, 0.25) is 0 Å². The molecule has 0 bridgehead atoms. The molecule has 0 aliphatic heterocycles. The van der Waals surface area contributed by atoms with Crippen LogP contribution < -0.4 is 5.32 Å². The standard InChI is InChI=1S/C13H14BrIN4/c1-3-6-17-12-10(15)8(2)18-13(19-12)11-9(14)5-4-7-16-11/h4-5,7H,3,6H2,1-2H3,(H,17,18,19). The molecule has 1 N–H and O–H groups in total. The Bertz CT molecular complexity index is 589. The van der Waals surface area contributed by atoms with Crippen LogP contribution in [0.4, 0.5) is 5.82 Å². The van der Waals surface area contributed by atoms with Crippen LogP contribution in [0.1, 0.15) is 19.0 Å². The smallest absolute Gasteiger partial charge is 0.181 e. The number of halogens is 2. The minimum Gasteiger partial charge on any atom is -0.369 e. The predicted octanol–water partition coefficient (Wildman–Crippen LogP) is 4.04. The summed E-state index contributed by atoms with van der Waals surface area (Å²) in [7, 11) is 0. The van der Waals surface area contributed by atoms with E-state index < -0.39 is 0 Å². The van der Waals surface area contributed by atoms with Crippen molar-refractivity contribution < 1.29 is 0 Å². The SMILES string of the molecule is CCCNc1nc(-c2ncccc2Br)nc(C)c1I. The van der Waals surface area contributed by atoms with E-state index in [1.54, 1.807) is 6.20 Å². The Morgan fingerprint density at radius 3 is 2.84 bits per heavy atom. The average Bonchev–Trinajstić information content (AvgIpc) is 2.41. The first-order valence-corrected chi connectivity index (χ1v) is 7.89. The van der Waals surface area contributed by atoms with Gasteiger partial charge < -0.3 is 5.32 Å². The first kappa shape index (κ1) is 14.6. The van der Waals surface area contributed by atoms with Crippen molar-refractivity contribution in [2.45, 2.75) is 20.3 Å². The molecule has 2 aromatic heterocycles. The second-order valence-electron chi connectivity index (χ2n) is 4.06. The third-order valence-corrected chi connectivity index (χ3v) is 4.46. The minimum atomic E-state index is 0.643. The molecule has 0 aliphatic carbocycles. The average molecular weight is 433 g/mol. The van der Waals surface area contributed by atoms with Gasteiger partial charge in [-0.05, 0) is 64.0 Å². The zero-order chi connectivity index (χ0) is 13.8. The van der Waals surface area contributed by atoms with Crippen LogP contribution in [0.5, 0.6) is 0 Å². The highest BCUT2D eigenvalue weighted by Crippen LogP contribution is 2.26. The highest BCUT2D eigenvalue weighted by molar-refractivity contribution is 14.1. The topological polar surface area (TPSA) is 50.7 Å². The van der Waals surface area contributed by atoms with Crippen LogP contribution in [0, 0.1) is 10.5 Å². The van der Waals surface area contributed by atoms with Crippen LogP contribution in [0.3, 0.4) is 0 Å². The normalized spacial score (nSPS) is 10.5. The molecule has 0 fully saturated rings. The summed E-state index contributed by atoms with van der Waals surface area (Å²) in [6.07, 6.45) is 2.80. The van der Waals surface area contributed by atoms with Crippen LogP contribution in [0.2, 0.25) is 0 Å². The number of pyridine rings is 1. The van der Waals surface area contributed by atoms with E-state index in [2.05, 4.69) is 65.7 Å². The van der Waals surface area contributed by atoms with Gasteiger partial charge in [0.15, 0.2) is 5.82 Å². The van der Waals surface area contributed by atoms with Crippen molar-refractivity contribution in [2.24, 2.45) is 0 Å². The number of hydrogen-bond donors (Lipinski definition) is 1. The van der Waals surface area contributed by atoms with Crippen molar-refractivity contribution in [1.82, 2.24) is 15.0 Å². The first-order valence-electron chi connectivity index (χ1n) is 6.02. The fourth-order valence-corrected chi connectivity index (χ4v) is 2.44. The molecule has 0 aliphatic rings. The summed E-state index contributed by atoms with van der Waals surface area (Å²) in [6.45, 7) is 5.01. The van der Waals surface area contributed by atoms with Gasteiger partial charge in [0, 0.05) is 17.2 Å². The summed E-state index contributed by atoms with van der Waals surface area (Å²) < 4.78 is 1.96. The van der Waals surface area contributed by atoms with Crippen LogP contribution in [0.25, 0.3) is 11.5 Å². The molecule has 0 amide bonds. The van der Waals surface area contributed by atoms with Crippen molar-refractivity contribution in [2.75, 3.05) is 11.9 Å². The van der Waals surface area contributed by atoms with E-state index in [0.29, 0.717) is 5.82 Å². The molecule has 0 aromatic carbocycles. The van der Waals surface area contributed by atoms with Gasteiger partial charge in [-0.25, -0.2) is 9.97 Å². The number of aryl methyl sites for hydroxylation is 1. The Kier molecular flexibility index (Phi) is 5.09. The highest BCUT2D eigenvalue weighted by atomic mass is 127. The molecule has 19 heavy (non-hydrogen) atoms. The number of anilines is 1. The van der Waals surface area contributed by atoms with E-state index >= 15 is 0 Å². The summed E-state index contributed by atoms with van der Waals surface area (Å²) in [4.78, 5) is 13.4. The van der Waals surface area contributed by atoms with E-state index in [1.165, 1.54) is 0 Å². The lowest BCUT2D eigenvalue weighted by Crippen LogP contribution is -2.08. The second-order valence-corrected chi connectivity index (χ2v) is 5.99. The molecular weight excluding hydrogens is 419 g/mol. The van der Waals surface area contributed by atoms with Crippen molar-refractivity contribution in [1.29, 1.82) is 0 Å². The molecule has 6 heteroatoms. The van der Waals surface area contributed by atoms with Gasteiger partial charge in [0.1, 0.15) is 11.5 Å². The zero-order valence-electron chi connectivity index (χ0n) is 10.7. The van der Waals surface area contributed by atoms with Crippen molar-refractivity contribution >= 4 is 44.3 Å². The maximum Gasteiger partial charge on any atom is 0.181 e. The van der Waals surface area contributed by atoms with E-state index in [9.17, 15) is 0 Å². The number of nitrogens with zero attached hydrogens (tertiary/aromatic N) is 3. The van der Waals surface area contributed by atoms with Gasteiger partial charge in [-0.15, -0.1) is 0 Å². The Morgan fingerprint density at radius 1 is 1.37 bits per heavy atom. The molecule has 2 rings (SSSR count). The molecule has 0 unspecified atom stereocenters. The van der Waals surface area contributed by atoms with Crippen LogP contribution in [-0.4, -0.2) is 21.5 Å². The van der Waals surface area contributed by atoms with Gasteiger partial charge in [-0.2, -0.15) is 0 Å². The number of nitrogens with one attached hydrogen (secondary N) is 1. The molecule has 4 nitrogen and oxygen atoms in total. The molecule has 0 spiro atoms. The quantitative estimate of drug-likeness (QED) is 0.741. The van der Waals surface area contributed by atoms with Gasteiger partial charge in [0.05, 0.1) is 9.26 Å². The first-order chi connectivity index (χ1) is 9.13. The van der Waals surface area contributed by atoms with Crippen molar-refractivity contribution in [3.05, 3.63) is 32.1 Å². The summed E-state index contributed by atoms with van der Waals surface area (Å²) in [6, 6.07) is 3.82. The summed E-state index contributed by atoms with van der Waals surface area (Å²) in [5.74, 6) is 1.52. The lowest BCUT2D eigenvalue weighted by atomic mass is 10.3. The largest absolute Gasteiger partial charge is 0.369 e. The van der Waals surface area contributed by atoms with Crippen LogP contribution in [-0.2, 0) is 0 Å². The number of hydrogen-bond acceptors (Lipinski definition) is 4. The fraction of sp³-hybridized carbons (Fsp3) is 0.308. The van der Waals surface area contributed by atoms with Crippen molar-refractivity contribution in [3.8, 4) is 11.5 Å². The van der Waals surface area contributed by atoms with E-state index in [4.69, 9.17) is 0 Å². The monoisotopic (exact) mass is 432 g/mol. The molecule has 0 atom stereocenters. The highest BCUT2D eigenvalue weighted by Gasteiger charge is 2.13. The lowest BCUT2D eigenvalue weighted by molar-refractivity contribution is 0.956. The zero-order valence-corrected chi connectivity index (χ0v) is 14.5. The Morgan fingerprint density at radius 2 is 2.16 bits per heavy atom. The van der Waals surface area contributed by atoms with Gasteiger partial charge in [-0.3, -0.25) is 4.98 Å².